The van der Waals surface area contributed by atoms with Gasteiger partial charge < -0.3 is 15.1 Å². The van der Waals surface area contributed by atoms with Crippen molar-refractivity contribution in [2.45, 2.75) is 31.4 Å². The molecule has 108 valence electrons. The molecule has 0 atom stereocenters. The van der Waals surface area contributed by atoms with E-state index < -0.39 is 0 Å². The maximum absolute atomic E-state index is 11.5. The number of nitrogens with zero attached hydrogens (tertiary/aromatic N) is 2. The molecule has 0 aromatic carbocycles. The lowest BCUT2D eigenvalue weighted by molar-refractivity contribution is 0.171. The fourth-order valence-corrected chi connectivity index (χ4v) is 3.26. The van der Waals surface area contributed by atoms with Crippen LogP contribution in [0.25, 0.3) is 0 Å². The molecule has 0 aromatic rings. The van der Waals surface area contributed by atoms with E-state index in [9.17, 15) is 4.79 Å². The minimum absolute atomic E-state index is 0.0551. The number of amides is 2. The summed E-state index contributed by atoms with van der Waals surface area (Å²) in [5, 5.41) is 2.69. The van der Waals surface area contributed by atoms with Gasteiger partial charge in [-0.1, -0.05) is 13.8 Å². The first-order valence-electron chi connectivity index (χ1n) is 6.69. The number of urea groups is 1. The maximum Gasteiger partial charge on any atom is 0.317 e. The Bertz CT molecular complexity index is 238. The van der Waals surface area contributed by atoms with Crippen molar-refractivity contribution >= 4 is 17.8 Å². The van der Waals surface area contributed by atoms with Crippen LogP contribution in [-0.4, -0.2) is 67.6 Å². The van der Waals surface area contributed by atoms with Gasteiger partial charge in [0.1, 0.15) is 0 Å². The SMILES string of the molecule is CC.CNC(=O)N1CCC(CN(C)C)(SC)CC1. The Kier molecular flexibility index (Phi) is 8.44. The van der Waals surface area contributed by atoms with Crippen LogP contribution in [0.2, 0.25) is 0 Å². The Balaban J connectivity index is 0.00000137. The highest BCUT2D eigenvalue weighted by Gasteiger charge is 2.35. The Labute approximate surface area is 116 Å². The van der Waals surface area contributed by atoms with Crippen LogP contribution in [0.5, 0.6) is 0 Å². The summed E-state index contributed by atoms with van der Waals surface area (Å²) in [5.74, 6) is 0. The molecule has 5 heteroatoms. The van der Waals surface area contributed by atoms with E-state index in [0.717, 1.165) is 32.5 Å². The topological polar surface area (TPSA) is 35.6 Å². The Morgan fingerprint density at radius 3 is 2.17 bits per heavy atom. The molecule has 18 heavy (non-hydrogen) atoms. The van der Waals surface area contributed by atoms with Gasteiger partial charge in [-0.25, -0.2) is 4.79 Å². The van der Waals surface area contributed by atoms with Crippen molar-refractivity contribution in [3.63, 3.8) is 0 Å². The summed E-state index contributed by atoms with van der Waals surface area (Å²) in [6, 6.07) is 0.0551. The molecule has 1 saturated heterocycles. The predicted molar refractivity (Wildman–Crippen MR) is 81.4 cm³/mol. The lowest BCUT2D eigenvalue weighted by atomic mass is 9.95. The summed E-state index contributed by atoms with van der Waals surface area (Å²) in [7, 11) is 5.92. The van der Waals surface area contributed by atoms with Crippen molar-refractivity contribution in [1.82, 2.24) is 15.1 Å². The number of likely N-dealkylation sites (tertiary alicyclic amines) is 1. The van der Waals surface area contributed by atoms with Gasteiger partial charge in [-0.15, -0.1) is 0 Å². The fraction of sp³-hybridized carbons (Fsp3) is 0.923. The summed E-state index contributed by atoms with van der Waals surface area (Å²) >= 11 is 1.94. The largest absolute Gasteiger partial charge is 0.341 e. The lowest BCUT2D eigenvalue weighted by Gasteiger charge is -2.42. The van der Waals surface area contributed by atoms with Crippen LogP contribution in [-0.2, 0) is 0 Å². The second kappa shape index (κ2) is 8.64. The van der Waals surface area contributed by atoms with E-state index in [4.69, 9.17) is 0 Å². The second-order valence-corrected chi connectivity index (χ2v) is 5.94. The molecule has 0 aliphatic carbocycles. The quantitative estimate of drug-likeness (QED) is 0.857. The highest BCUT2D eigenvalue weighted by Crippen LogP contribution is 2.34. The summed E-state index contributed by atoms with van der Waals surface area (Å²) in [6.07, 6.45) is 4.35. The molecule has 2 amide bonds. The third-order valence-corrected chi connectivity index (χ3v) is 4.62. The summed E-state index contributed by atoms with van der Waals surface area (Å²) in [4.78, 5) is 15.6. The lowest BCUT2D eigenvalue weighted by Crippen LogP contribution is -2.51. The van der Waals surface area contributed by atoms with Crippen molar-refractivity contribution in [3.05, 3.63) is 0 Å². The molecule has 1 rings (SSSR count). The van der Waals surface area contributed by atoms with E-state index >= 15 is 0 Å². The van der Waals surface area contributed by atoms with Gasteiger partial charge in [-0.3, -0.25) is 0 Å². The molecular weight excluding hydrogens is 246 g/mol. The van der Waals surface area contributed by atoms with E-state index in [0.29, 0.717) is 4.75 Å². The van der Waals surface area contributed by atoms with E-state index in [1.807, 2.05) is 30.5 Å². The molecule has 1 aliphatic heterocycles. The molecule has 1 aliphatic rings. The van der Waals surface area contributed by atoms with Gasteiger partial charge >= 0.3 is 6.03 Å². The number of nitrogens with one attached hydrogen (secondary N) is 1. The van der Waals surface area contributed by atoms with E-state index in [1.54, 1.807) is 7.05 Å². The highest BCUT2D eigenvalue weighted by molar-refractivity contribution is 8.00. The van der Waals surface area contributed by atoms with Gasteiger partial charge in [0.05, 0.1) is 0 Å². The minimum atomic E-state index is 0.0551. The zero-order valence-electron chi connectivity index (χ0n) is 12.7. The second-order valence-electron chi connectivity index (χ2n) is 4.67. The van der Waals surface area contributed by atoms with Crippen LogP contribution in [0.15, 0.2) is 0 Å². The zero-order valence-corrected chi connectivity index (χ0v) is 13.6. The first kappa shape index (κ1) is 17.6. The first-order valence-corrected chi connectivity index (χ1v) is 7.92. The molecular formula is C13H29N3OS. The van der Waals surface area contributed by atoms with E-state index in [1.165, 1.54) is 0 Å². The average molecular weight is 275 g/mol. The first-order chi connectivity index (χ1) is 8.53. The number of carbonyl (C=O) groups is 1. The number of rotatable bonds is 3. The minimum Gasteiger partial charge on any atom is -0.341 e. The molecule has 0 saturated carbocycles. The molecule has 0 unspecified atom stereocenters. The number of hydrogen-bond donors (Lipinski definition) is 1. The van der Waals surface area contributed by atoms with Gasteiger partial charge in [0.2, 0.25) is 0 Å². The van der Waals surface area contributed by atoms with E-state index in [2.05, 4.69) is 30.6 Å². The van der Waals surface area contributed by atoms with Crippen LogP contribution in [0.1, 0.15) is 26.7 Å². The van der Waals surface area contributed by atoms with Gasteiger partial charge in [0, 0.05) is 31.4 Å². The Morgan fingerprint density at radius 2 is 1.83 bits per heavy atom. The van der Waals surface area contributed by atoms with Crippen LogP contribution >= 0.6 is 11.8 Å². The maximum atomic E-state index is 11.5. The molecule has 4 nitrogen and oxygen atoms in total. The molecule has 1 heterocycles. The van der Waals surface area contributed by atoms with Crippen LogP contribution < -0.4 is 5.32 Å². The van der Waals surface area contributed by atoms with Crippen molar-refractivity contribution < 1.29 is 4.79 Å². The standard InChI is InChI=1S/C11H23N3OS.C2H6/c1-12-10(15)14-7-5-11(16-4,6-8-14)9-13(2)3;1-2/h5-9H2,1-4H3,(H,12,15);1-2H3. The third-order valence-electron chi connectivity index (χ3n) is 3.21. The normalized spacial score (nSPS) is 18.1. The Hall–Kier alpha value is -0.420. The van der Waals surface area contributed by atoms with Gasteiger partial charge in [0.15, 0.2) is 0 Å². The van der Waals surface area contributed by atoms with Crippen LogP contribution in [0, 0.1) is 0 Å². The number of piperidine rings is 1. The number of hydrogen-bond acceptors (Lipinski definition) is 3. The van der Waals surface area contributed by atoms with Crippen molar-refractivity contribution in [3.8, 4) is 0 Å². The molecule has 0 aromatic heterocycles. The monoisotopic (exact) mass is 275 g/mol. The molecule has 1 N–H and O–H groups in total. The third kappa shape index (κ3) is 5.06. The Morgan fingerprint density at radius 1 is 1.33 bits per heavy atom. The van der Waals surface area contributed by atoms with Crippen molar-refractivity contribution in [2.24, 2.45) is 0 Å². The summed E-state index contributed by atoms with van der Waals surface area (Å²) in [5.41, 5.74) is 0. The van der Waals surface area contributed by atoms with E-state index in [-0.39, 0.29) is 6.03 Å². The average Bonchev–Trinajstić information content (AvgIpc) is 2.40. The molecule has 0 bridgehead atoms. The number of thioether (sulfide) groups is 1. The molecule has 1 fully saturated rings. The smallest absolute Gasteiger partial charge is 0.317 e. The van der Waals surface area contributed by atoms with Gasteiger partial charge in [-0.2, -0.15) is 11.8 Å². The molecule has 0 radical (unpaired) electrons. The summed E-state index contributed by atoms with van der Waals surface area (Å²) in [6.45, 7) is 6.83. The van der Waals surface area contributed by atoms with Crippen molar-refractivity contribution in [2.75, 3.05) is 47.0 Å². The highest BCUT2D eigenvalue weighted by atomic mass is 32.2. The van der Waals surface area contributed by atoms with Crippen molar-refractivity contribution in [1.29, 1.82) is 0 Å². The number of carbonyl (C=O) groups excluding carboxylic acids is 1. The van der Waals surface area contributed by atoms with Gasteiger partial charge in [-0.05, 0) is 33.2 Å². The summed E-state index contributed by atoms with van der Waals surface area (Å²) < 4.78 is 0.327. The van der Waals surface area contributed by atoms with Crippen LogP contribution in [0.4, 0.5) is 4.79 Å². The molecule has 0 spiro atoms. The van der Waals surface area contributed by atoms with Gasteiger partial charge in [0.25, 0.3) is 0 Å². The van der Waals surface area contributed by atoms with Crippen LogP contribution in [0.3, 0.4) is 0 Å². The zero-order chi connectivity index (χ0) is 14.2. The predicted octanol–water partition coefficient (Wildman–Crippen LogP) is 2.11. The fourth-order valence-electron chi connectivity index (χ4n) is 2.28.